The Labute approximate surface area is 139 Å². The number of carbonyl (C=O) groups is 1. The maximum atomic E-state index is 12.6. The summed E-state index contributed by atoms with van der Waals surface area (Å²) in [5, 5.41) is 0. The van der Waals surface area contributed by atoms with Gasteiger partial charge in [-0.3, -0.25) is 4.79 Å². The number of hydrogen-bond acceptors (Lipinski definition) is 4. The molecule has 1 atom stereocenters. The third kappa shape index (κ3) is 4.39. The summed E-state index contributed by atoms with van der Waals surface area (Å²) in [5.41, 5.74) is 1.19. The molecule has 1 fully saturated rings. The number of ether oxygens (including phenoxy) is 3. The molecule has 0 aromatic heterocycles. The van der Waals surface area contributed by atoms with Crippen LogP contribution in [-0.2, 0) is 0 Å². The standard InChI is InChI=1S/C15H21O4P.Li/c1-17-10-8-12(18-2)14(13(9-10)19-3)15(16)20-11-6-4-5-7-11;/h8-9,11,20H,4-7H2,1-3H3;. The van der Waals surface area contributed by atoms with Crippen LogP contribution in [-0.4, -0.2) is 51.4 Å². The fourth-order valence-electron chi connectivity index (χ4n) is 2.56. The van der Waals surface area contributed by atoms with Gasteiger partial charge >= 0.3 is 0 Å². The molecule has 2 rings (SSSR count). The van der Waals surface area contributed by atoms with E-state index in [0.29, 0.717) is 37.1 Å². The zero-order valence-corrected chi connectivity index (χ0v) is 14.2. The quantitative estimate of drug-likeness (QED) is 0.598. The van der Waals surface area contributed by atoms with Crippen LogP contribution in [0.2, 0.25) is 0 Å². The Kier molecular flexibility index (Phi) is 7.60. The smallest absolute Gasteiger partial charge is 0.188 e. The fraction of sp³-hybridized carbons (Fsp3) is 0.533. The maximum Gasteiger partial charge on any atom is 0.188 e. The van der Waals surface area contributed by atoms with Crippen LogP contribution in [0.5, 0.6) is 17.2 Å². The van der Waals surface area contributed by atoms with Gasteiger partial charge in [-0.15, -0.1) is 0 Å². The minimum atomic E-state index is 0. The number of methoxy groups -OCH3 is 3. The first kappa shape index (κ1) is 18.4. The summed E-state index contributed by atoms with van der Waals surface area (Å²) in [6.07, 6.45) is 4.79. The van der Waals surface area contributed by atoms with Crippen LogP contribution in [0, 0.1) is 0 Å². The minimum absolute atomic E-state index is 0. The molecule has 1 radical (unpaired) electrons. The molecular formula is C15H21LiO4P. The van der Waals surface area contributed by atoms with Gasteiger partial charge in [0.25, 0.3) is 0 Å². The first-order chi connectivity index (χ1) is 9.69. The van der Waals surface area contributed by atoms with Crippen LogP contribution in [0.25, 0.3) is 0 Å². The van der Waals surface area contributed by atoms with Gasteiger partial charge in [0, 0.05) is 31.0 Å². The van der Waals surface area contributed by atoms with E-state index in [4.69, 9.17) is 14.2 Å². The van der Waals surface area contributed by atoms with Crippen molar-refractivity contribution in [1.29, 1.82) is 0 Å². The summed E-state index contributed by atoms with van der Waals surface area (Å²) in [7, 11) is 4.99. The zero-order valence-electron chi connectivity index (χ0n) is 13.2. The molecule has 1 aromatic carbocycles. The molecule has 1 unspecified atom stereocenters. The molecule has 1 aliphatic rings. The molecule has 1 aliphatic carbocycles. The third-order valence-corrected chi connectivity index (χ3v) is 5.13. The van der Waals surface area contributed by atoms with E-state index >= 15 is 0 Å². The Morgan fingerprint density at radius 3 is 2.00 bits per heavy atom. The summed E-state index contributed by atoms with van der Waals surface area (Å²) in [6, 6.07) is 3.46. The molecule has 4 nitrogen and oxygen atoms in total. The van der Waals surface area contributed by atoms with Gasteiger partial charge < -0.3 is 14.2 Å². The van der Waals surface area contributed by atoms with Gasteiger partial charge in [-0.25, -0.2) is 0 Å². The molecule has 0 N–H and O–H groups in total. The molecule has 0 heterocycles. The van der Waals surface area contributed by atoms with Crippen molar-refractivity contribution in [1.82, 2.24) is 0 Å². The van der Waals surface area contributed by atoms with E-state index in [2.05, 4.69) is 0 Å². The molecular weight excluding hydrogens is 282 g/mol. The van der Waals surface area contributed by atoms with Crippen molar-refractivity contribution in [3.05, 3.63) is 17.7 Å². The Morgan fingerprint density at radius 1 is 1.05 bits per heavy atom. The summed E-state index contributed by atoms with van der Waals surface area (Å²) < 4.78 is 15.9. The van der Waals surface area contributed by atoms with Crippen LogP contribution >= 0.6 is 8.58 Å². The molecule has 0 amide bonds. The average molecular weight is 303 g/mol. The van der Waals surface area contributed by atoms with Gasteiger partial charge in [-0.2, -0.15) is 0 Å². The SMILES string of the molecule is COc1cc(OC)c(C(=O)PC2CCCC2)c(OC)c1.[Li]. The van der Waals surface area contributed by atoms with E-state index < -0.39 is 0 Å². The van der Waals surface area contributed by atoms with Crippen molar-refractivity contribution < 1.29 is 19.0 Å². The zero-order chi connectivity index (χ0) is 14.5. The van der Waals surface area contributed by atoms with Crippen molar-refractivity contribution in [3.63, 3.8) is 0 Å². The second-order valence-electron chi connectivity index (χ2n) is 4.86. The van der Waals surface area contributed by atoms with Crippen molar-refractivity contribution in [2.45, 2.75) is 31.3 Å². The molecule has 21 heavy (non-hydrogen) atoms. The van der Waals surface area contributed by atoms with E-state index in [-0.39, 0.29) is 24.4 Å². The summed E-state index contributed by atoms with van der Waals surface area (Å²) in [4.78, 5) is 12.6. The van der Waals surface area contributed by atoms with E-state index in [9.17, 15) is 4.79 Å². The van der Waals surface area contributed by atoms with Crippen LogP contribution in [0.4, 0.5) is 0 Å². The van der Waals surface area contributed by atoms with Gasteiger partial charge in [0.1, 0.15) is 22.8 Å². The van der Waals surface area contributed by atoms with Crippen LogP contribution in [0.15, 0.2) is 12.1 Å². The Hall–Kier alpha value is -0.683. The average Bonchev–Trinajstić information content (AvgIpc) is 2.98. The molecule has 6 heteroatoms. The van der Waals surface area contributed by atoms with Crippen LogP contribution in [0.1, 0.15) is 36.0 Å². The van der Waals surface area contributed by atoms with Gasteiger partial charge in [-0.1, -0.05) is 12.8 Å². The van der Waals surface area contributed by atoms with Gasteiger partial charge in [0.15, 0.2) is 5.52 Å². The largest absolute Gasteiger partial charge is 0.496 e. The second kappa shape index (κ2) is 8.69. The Balaban J connectivity index is 0.00000220. The monoisotopic (exact) mass is 303 g/mol. The Morgan fingerprint density at radius 2 is 1.57 bits per heavy atom. The molecule has 0 bridgehead atoms. The summed E-state index contributed by atoms with van der Waals surface area (Å²) >= 11 is 0. The predicted octanol–water partition coefficient (Wildman–Crippen LogP) is 3.09. The van der Waals surface area contributed by atoms with E-state index in [0.717, 1.165) is 12.8 Å². The number of hydrogen-bond donors (Lipinski definition) is 0. The molecule has 0 aliphatic heterocycles. The maximum absolute atomic E-state index is 12.6. The number of benzene rings is 1. The normalized spacial score (nSPS) is 15.0. The molecule has 0 spiro atoms. The number of carbonyl (C=O) groups excluding carboxylic acids is 1. The van der Waals surface area contributed by atoms with E-state index in [1.54, 1.807) is 33.5 Å². The summed E-state index contributed by atoms with van der Waals surface area (Å²) in [5.74, 6) is 1.67. The Bertz CT molecular complexity index is 462. The molecule has 1 aromatic rings. The predicted molar refractivity (Wildman–Crippen MR) is 86.8 cm³/mol. The van der Waals surface area contributed by atoms with Gasteiger partial charge in [0.2, 0.25) is 0 Å². The molecule has 0 saturated heterocycles. The second-order valence-corrected chi connectivity index (χ2v) is 6.42. The minimum Gasteiger partial charge on any atom is -0.496 e. The fourth-order valence-corrected chi connectivity index (χ4v) is 4.02. The van der Waals surface area contributed by atoms with Crippen molar-refractivity contribution in [2.24, 2.45) is 0 Å². The number of rotatable bonds is 6. The van der Waals surface area contributed by atoms with E-state index in [1.807, 2.05) is 0 Å². The first-order valence-corrected chi connectivity index (χ1v) is 7.88. The molecule has 111 valence electrons. The summed E-state index contributed by atoms with van der Waals surface area (Å²) in [6.45, 7) is 0. The van der Waals surface area contributed by atoms with Gasteiger partial charge in [0.05, 0.1) is 21.3 Å². The topological polar surface area (TPSA) is 44.8 Å². The molecule has 1 saturated carbocycles. The van der Waals surface area contributed by atoms with Crippen LogP contribution < -0.4 is 14.2 Å². The first-order valence-electron chi connectivity index (χ1n) is 6.80. The van der Waals surface area contributed by atoms with Crippen molar-refractivity contribution >= 4 is 33.0 Å². The van der Waals surface area contributed by atoms with Crippen molar-refractivity contribution in [2.75, 3.05) is 21.3 Å². The van der Waals surface area contributed by atoms with Crippen LogP contribution in [0.3, 0.4) is 0 Å². The van der Waals surface area contributed by atoms with Crippen molar-refractivity contribution in [3.8, 4) is 17.2 Å². The van der Waals surface area contributed by atoms with E-state index in [1.165, 1.54) is 12.8 Å². The third-order valence-electron chi connectivity index (χ3n) is 3.63. The van der Waals surface area contributed by atoms with Gasteiger partial charge in [-0.05, 0) is 27.1 Å².